The Morgan fingerprint density at radius 1 is 1.20 bits per heavy atom. The van der Waals surface area contributed by atoms with E-state index in [0.717, 1.165) is 64.6 Å². The molecule has 1 N–H and O–H groups in total. The van der Waals surface area contributed by atoms with Crippen LogP contribution in [0, 0.1) is 0 Å². The number of methoxy groups -OCH3 is 1. The highest BCUT2D eigenvalue weighted by atomic mass is 127. The summed E-state index contributed by atoms with van der Waals surface area (Å²) in [7, 11) is 1.73. The molecule has 2 rings (SSSR count). The van der Waals surface area contributed by atoms with E-state index in [1.165, 1.54) is 5.56 Å². The summed E-state index contributed by atoms with van der Waals surface area (Å²) < 4.78 is 11.0. The zero-order valence-electron chi connectivity index (χ0n) is 15.4. The van der Waals surface area contributed by atoms with Crippen LogP contribution in [0.2, 0.25) is 0 Å². The van der Waals surface area contributed by atoms with Gasteiger partial charge in [0.05, 0.1) is 12.6 Å². The average molecular weight is 461 g/mol. The van der Waals surface area contributed by atoms with Crippen LogP contribution in [0.25, 0.3) is 0 Å². The van der Waals surface area contributed by atoms with Gasteiger partial charge in [0, 0.05) is 40.0 Å². The summed E-state index contributed by atoms with van der Waals surface area (Å²) >= 11 is 0. The quantitative estimate of drug-likeness (QED) is 0.280. The lowest BCUT2D eigenvalue weighted by molar-refractivity contribution is 0.00990. The molecule has 0 aliphatic carbocycles. The molecule has 142 valence electrons. The van der Waals surface area contributed by atoms with Crippen molar-refractivity contribution in [1.82, 2.24) is 10.2 Å². The molecule has 1 saturated heterocycles. The summed E-state index contributed by atoms with van der Waals surface area (Å²) in [6.07, 6.45) is 3.46. The smallest absolute Gasteiger partial charge is 0.194 e. The van der Waals surface area contributed by atoms with Crippen LogP contribution >= 0.6 is 24.0 Å². The predicted molar refractivity (Wildman–Crippen MR) is 114 cm³/mol. The minimum atomic E-state index is 0. The van der Waals surface area contributed by atoms with Crippen LogP contribution in [0.15, 0.2) is 35.3 Å². The van der Waals surface area contributed by atoms with Crippen molar-refractivity contribution in [3.63, 3.8) is 0 Å². The number of hydrogen-bond acceptors (Lipinski definition) is 3. The number of aliphatic imine (C=N–C) groups is 1. The van der Waals surface area contributed by atoms with Crippen LogP contribution in [-0.4, -0.2) is 56.9 Å². The van der Waals surface area contributed by atoms with Crippen molar-refractivity contribution >= 4 is 29.9 Å². The number of halogens is 1. The topological polar surface area (TPSA) is 46.1 Å². The van der Waals surface area contributed by atoms with Crippen molar-refractivity contribution in [2.45, 2.75) is 38.8 Å². The summed E-state index contributed by atoms with van der Waals surface area (Å²) in [6, 6.07) is 10.4. The average Bonchev–Trinajstić information content (AvgIpc) is 2.64. The third-order valence-electron chi connectivity index (χ3n) is 4.18. The third-order valence-corrected chi connectivity index (χ3v) is 4.18. The zero-order chi connectivity index (χ0) is 17.0. The molecule has 0 unspecified atom stereocenters. The zero-order valence-corrected chi connectivity index (χ0v) is 17.8. The molecule has 25 heavy (non-hydrogen) atoms. The van der Waals surface area contributed by atoms with Crippen LogP contribution in [0.1, 0.15) is 31.7 Å². The number of hydrogen-bond donors (Lipinski definition) is 1. The first kappa shape index (κ1) is 22.2. The number of nitrogens with zero attached hydrogens (tertiary/aromatic N) is 2. The molecule has 1 aromatic rings. The van der Waals surface area contributed by atoms with E-state index < -0.39 is 0 Å². The molecule has 1 aliphatic heterocycles. The lowest BCUT2D eigenvalue weighted by atomic mass is 10.1. The largest absolute Gasteiger partial charge is 0.385 e. The molecule has 0 spiro atoms. The second-order valence-corrected chi connectivity index (χ2v) is 6.06. The molecule has 0 saturated carbocycles. The van der Waals surface area contributed by atoms with Gasteiger partial charge < -0.3 is 19.7 Å². The van der Waals surface area contributed by atoms with Crippen molar-refractivity contribution < 1.29 is 9.47 Å². The van der Waals surface area contributed by atoms with Gasteiger partial charge in [-0.25, -0.2) is 4.99 Å². The van der Waals surface area contributed by atoms with Crippen LogP contribution in [0.3, 0.4) is 0 Å². The number of likely N-dealkylation sites (tertiary alicyclic amines) is 1. The number of benzene rings is 1. The summed E-state index contributed by atoms with van der Waals surface area (Å²) in [6.45, 7) is 7.28. The molecule has 0 amide bonds. The molecule has 1 aliphatic rings. The van der Waals surface area contributed by atoms with E-state index >= 15 is 0 Å². The number of piperidine rings is 1. The van der Waals surface area contributed by atoms with E-state index in [4.69, 9.17) is 14.5 Å². The van der Waals surface area contributed by atoms with Gasteiger partial charge in [0.2, 0.25) is 0 Å². The Labute approximate surface area is 169 Å². The maximum atomic E-state index is 5.94. The maximum absolute atomic E-state index is 5.94. The summed E-state index contributed by atoms with van der Waals surface area (Å²) in [4.78, 5) is 7.14. The van der Waals surface area contributed by atoms with Gasteiger partial charge in [-0.2, -0.15) is 0 Å². The van der Waals surface area contributed by atoms with Gasteiger partial charge in [0.25, 0.3) is 0 Å². The van der Waals surface area contributed by atoms with E-state index in [9.17, 15) is 0 Å². The number of nitrogens with one attached hydrogen (secondary N) is 1. The molecule has 0 aromatic heterocycles. The van der Waals surface area contributed by atoms with E-state index in [1.54, 1.807) is 7.11 Å². The minimum Gasteiger partial charge on any atom is -0.385 e. The molecule has 5 nitrogen and oxygen atoms in total. The summed E-state index contributed by atoms with van der Waals surface area (Å²) in [5, 5.41) is 3.42. The van der Waals surface area contributed by atoms with Gasteiger partial charge in [-0.05, 0) is 31.7 Å². The van der Waals surface area contributed by atoms with Crippen molar-refractivity contribution in [1.29, 1.82) is 0 Å². The van der Waals surface area contributed by atoms with E-state index in [1.807, 2.05) is 6.07 Å². The Hall–Kier alpha value is -0.860. The Bertz CT molecular complexity index is 477. The highest BCUT2D eigenvalue weighted by molar-refractivity contribution is 14.0. The highest BCUT2D eigenvalue weighted by Gasteiger charge is 2.21. The molecule has 1 fully saturated rings. The predicted octanol–water partition coefficient (Wildman–Crippen LogP) is 3.29. The number of ether oxygens (including phenoxy) is 2. The summed E-state index contributed by atoms with van der Waals surface area (Å²) in [5.74, 6) is 1.01. The van der Waals surface area contributed by atoms with Crippen LogP contribution in [0.4, 0.5) is 0 Å². The van der Waals surface area contributed by atoms with Crippen molar-refractivity contribution in [3.8, 4) is 0 Å². The van der Waals surface area contributed by atoms with Gasteiger partial charge in [-0.3, -0.25) is 0 Å². The second kappa shape index (κ2) is 13.4. The van der Waals surface area contributed by atoms with E-state index in [0.29, 0.717) is 6.10 Å². The molecule has 0 atom stereocenters. The van der Waals surface area contributed by atoms with Crippen LogP contribution in [-0.2, 0) is 16.0 Å². The van der Waals surface area contributed by atoms with Gasteiger partial charge in [-0.15, -0.1) is 24.0 Å². The van der Waals surface area contributed by atoms with Crippen molar-refractivity contribution in [2.75, 3.05) is 40.0 Å². The molecule has 1 heterocycles. The Morgan fingerprint density at radius 3 is 2.56 bits per heavy atom. The Kier molecular flexibility index (Phi) is 11.9. The first-order valence-electron chi connectivity index (χ1n) is 9.01. The molecular formula is C19H32IN3O2. The molecule has 0 radical (unpaired) electrons. The summed E-state index contributed by atoms with van der Waals surface area (Å²) in [5.41, 5.74) is 1.24. The monoisotopic (exact) mass is 461 g/mol. The SMILES string of the molecule is CCNC(=NCc1ccccc1)N1CCC(OCCCOC)CC1.I. The fourth-order valence-corrected chi connectivity index (χ4v) is 2.86. The minimum absolute atomic E-state index is 0. The first-order valence-corrected chi connectivity index (χ1v) is 9.01. The van der Waals surface area contributed by atoms with Crippen molar-refractivity contribution in [2.24, 2.45) is 4.99 Å². The van der Waals surface area contributed by atoms with Gasteiger partial charge in [0.15, 0.2) is 5.96 Å². The van der Waals surface area contributed by atoms with Crippen molar-refractivity contribution in [3.05, 3.63) is 35.9 Å². The molecular weight excluding hydrogens is 429 g/mol. The lowest BCUT2D eigenvalue weighted by Gasteiger charge is -2.34. The Balaban J connectivity index is 0.00000312. The van der Waals surface area contributed by atoms with Gasteiger partial charge in [-0.1, -0.05) is 30.3 Å². The molecule has 1 aromatic carbocycles. The van der Waals surface area contributed by atoms with Crippen LogP contribution in [0.5, 0.6) is 0 Å². The number of rotatable bonds is 8. The molecule has 6 heteroatoms. The maximum Gasteiger partial charge on any atom is 0.194 e. The van der Waals surface area contributed by atoms with Crippen LogP contribution < -0.4 is 5.32 Å². The fourth-order valence-electron chi connectivity index (χ4n) is 2.86. The standard InChI is InChI=1S/C19H31N3O2.HI/c1-3-20-19(21-16-17-8-5-4-6-9-17)22-12-10-18(11-13-22)24-15-7-14-23-2;/h4-6,8-9,18H,3,7,10-16H2,1-2H3,(H,20,21);1H. The highest BCUT2D eigenvalue weighted by Crippen LogP contribution is 2.14. The fraction of sp³-hybridized carbons (Fsp3) is 0.632. The van der Waals surface area contributed by atoms with E-state index in [-0.39, 0.29) is 24.0 Å². The van der Waals surface area contributed by atoms with Gasteiger partial charge in [0.1, 0.15) is 0 Å². The Morgan fingerprint density at radius 2 is 1.92 bits per heavy atom. The number of guanidine groups is 1. The second-order valence-electron chi connectivity index (χ2n) is 6.06. The van der Waals surface area contributed by atoms with Gasteiger partial charge >= 0.3 is 0 Å². The normalized spacial score (nSPS) is 15.8. The first-order chi connectivity index (χ1) is 11.8. The third kappa shape index (κ3) is 8.37. The molecule has 0 bridgehead atoms. The lowest BCUT2D eigenvalue weighted by Crippen LogP contribution is -2.47. The van der Waals surface area contributed by atoms with E-state index in [2.05, 4.69) is 41.4 Å².